The van der Waals surface area contributed by atoms with Crippen LogP contribution in [0.1, 0.15) is 40.7 Å². The maximum absolute atomic E-state index is 13.0. The average Bonchev–Trinajstić information content (AvgIpc) is 2.84. The number of hydrogen-bond acceptors (Lipinski definition) is 6. The Bertz CT molecular complexity index is 1080. The molecule has 0 atom stereocenters. The second kappa shape index (κ2) is 13.4. The Balaban J connectivity index is 1.73. The molecular weight excluding hydrogens is 579 g/mol. The van der Waals surface area contributed by atoms with Crippen molar-refractivity contribution >= 4 is 40.4 Å². The number of ether oxygens (including phenoxy) is 2. The van der Waals surface area contributed by atoms with E-state index in [-0.39, 0.29) is 38.4 Å². The molecule has 2 aromatic rings. The Kier molecular flexibility index (Phi) is 10.4. The molecule has 0 bridgehead atoms. The fourth-order valence-electron chi connectivity index (χ4n) is 3.93. The van der Waals surface area contributed by atoms with Gasteiger partial charge in [-0.15, -0.1) is 0 Å². The van der Waals surface area contributed by atoms with Crippen molar-refractivity contribution in [3.8, 4) is 11.5 Å². The lowest BCUT2D eigenvalue weighted by molar-refractivity contribution is -0.138. The number of likely N-dealkylation sites (N-methyl/N-ethyl adjacent to an activating group) is 1. The summed E-state index contributed by atoms with van der Waals surface area (Å²) in [6, 6.07) is 10.8. The second-order valence-electron chi connectivity index (χ2n) is 8.69. The van der Waals surface area contributed by atoms with Gasteiger partial charge in [-0.3, -0.25) is 14.4 Å². The number of carboxylic acids is 2. The predicted molar refractivity (Wildman–Crippen MR) is 142 cm³/mol. The van der Waals surface area contributed by atoms with Gasteiger partial charge in [0.1, 0.15) is 18.1 Å². The topological polar surface area (TPSA) is 117 Å². The summed E-state index contributed by atoms with van der Waals surface area (Å²) < 4.78 is 12.7. The standard InChI is InChI=1S/C26H31IN2O7/c1-28-9-11-29(12-10-28)26(34)19-14-20(27)16-21(15-19)36-17-18-4-2-5-23(22(18)7-8-25(32)33)35-13-3-6-24(30)31/h2,4-5,14-16H,3,6-13,17H2,1H3,(H,30,31)(H,32,33). The minimum atomic E-state index is -0.924. The van der Waals surface area contributed by atoms with Crippen molar-refractivity contribution in [3.63, 3.8) is 0 Å². The quantitative estimate of drug-likeness (QED) is 0.277. The Morgan fingerprint density at radius 1 is 0.972 bits per heavy atom. The number of nitrogens with zero attached hydrogens (tertiary/aromatic N) is 2. The first kappa shape index (κ1) is 27.7. The van der Waals surface area contributed by atoms with E-state index in [1.807, 2.05) is 30.1 Å². The number of halogens is 1. The van der Waals surface area contributed by atoms with Crippen molar-refractivity contribution in [2.75, 3.05) is 39.8 Å². The number of carbonyl (C=O) groups is 3. The van der Waals surface area contributed by atoms with Crippen LogP contribution in [-0.2, 0) is 22.6 Å². The van der Waals surface area contributed by atoms with Crippen molar-refractivity contribution in [1.29, 1.82) is 0 Å². The molecule has 3 rings (SSSR count). The summed E-state index contributed by atoms with van der Waals surface area (Å²) in [6.45, 7) is 3.43. The second-order valence-corrected chi connectivity index (χ2v) is 9.94. The summed E-state index contributed by atoms with van der Waals surface area (Å²) in [6.07, 6.45) is 0.522. The van der Waals surface area contributed by atoms with Gasteiger partial charge in [0.05, 0.1) is 6.61 Å². The molecule has 1 amide bonds. The summed E-state index contributed by atoms with van der Waals surface area (Å²) in [5.74, 6) is -0.764. The van der Waals surface area contributed by atoms with Crippen molar-refractivity contribution in [2.45, 2.75) is 32.3 Å². The highest BCUT2D eigenvalue weighted by Crippen LogP contribution is 2.27. The van der Waals surface area contributed by atoms with Gasteiger partial charge in [-0.05, 0) is 72.3 Å². The first-order valence-electron chi connectivity index (χ1n) is 11.8. The number of hydrogen-bond donors (Lipinski definition) is 2. The van der Waals surface area contributed by atoms with Crippen molar-refractivity contribution in [1.82, 2.24) is 9.80 Å². The van der Waals surface area contributed by atoms with E-state index in [2.05, 4.69) is 27.5 Å². The number of carboxylic acid groups (broad SMARTS) is 2. The smallest absolute Gasteiger partial charge is 0.303 e. The third-order valence-corrected chi connectivity index (χ3v) is 6.54. The number of rotatable bonds is 12. The van der Waals surface area contributed by atoms with E-state index in [4.69, 9.17) is 14.6 Å². The van der Waals surface area contributed by atoms with E-state index < -0.39 is 11.9 Å². The fraction of sp³-hybridized carbons (Fsp3) is 0.423. The molecule has 1 fully saturated rings. The van der Waals surface area contributed by atoms with Gasteiger partial charge in [-0.1, -0.05) is 12.1 Å². The van der Waals surface area contributed by atoms with Gasteiger partial charge in [0.2, 0.25) is 0 Å². The van der Waals surface area contributed by atoms with E-state index >= 15 is 0 Å². The summed E-state index contributed by atoms with van der Waals surface area (Å²) in [4.78, 5) is 39.1. The number of amides is 1. The lowest BCUT2D eigenvalue weighted by Gasteiger charge is -2.32. The zero-order chi connectivity index (χ0) is 26.1. The Labute approximate surface area is 224 Å². The molecule has 36 heavy (non-hydrogen) atoms. The highest BCUT2D eigenvalue weighted by molar-refractivity contribution is 14.1. The number of benzene rings is 2. The number of carbonyl (C=O) groups excluding carboxylic acids is 1. The molecule has 0 spiro atoms. The van der Waals surface area contributed by atoms with Crippen molar-refractivity contribution < 1.29 is 34.1 Å². The van der Waals surface area contributed by atoms with Gasteiger partial charge >= 0.3 is 11.9 Å². The predicted octanol–water partition coefficient (Wildman–Crippen LogP) is 3.52. The molecule has 0 aromatic heterocycles. The molecule has 2 aromatic carbocycles. The summed E-state index contributed by atoms with van der Waals surface area (Å²) in [5, 5.41) is 18.0. The molecule has 1 aliphatic heterocycles. The highest BCUT2D eigenvalue weighted by atomic mass is 127. The van der Waals surface area contributed by atoms with Gasteiger partial charge in [-0.25, -0.2) is 0 Å². The Hall–Kier alpha value is -2.86. The molecule has 9 nitrogen and oxygen atoms in total. The van der Waals surface area contributed by atoms with Gasteiger partial charge in [0.25, 0.3) is 5.91 Å². The Morgan fingerprint density at radius 3 is 2.39 bits per heavy atom. The minimum absolute atomic E-state index is 0.00487. The van der Waals surface area contributed by atoms with Crippen LogP contribution in [-0.4, -0.2) is 77.7 Å². The van der Waals surface area contributed by atoms with Crippen LogP contribution >= 0.6 is 22.6 Å². The number of aliphatic carboxylic acids is 2. The fourth-order valence-corrected chi connectivity index (χ4v) is 4.57. The molecule has 194 valence electrons. The lowest BCUT2D eigenvalue weighted by atomic mass is 10.0. The van der Waals surface area contributed by atoms with Gasteiger partial charge in [-0.2, -0.15) is 0 Å². The van der Waals surface area contributed by atoms with Crippen molar-refractivity contribution in [3.05, 3.63) is 56.7 Å². The third kappa shape index (κ3) is 8.37. The third-order valence-electron chi connectivity index (χ3n) is 5.91. The summed E-state index contributed by atoms with van der Waals surface area (Å²) in [5.41, 5.74) is 2.07. The molecule has 0 unspecified atom stereocenters. The maximum atomic E-state index is 13.0. The molecule has 10 heteroatoms. The maximum Gasteiger partial charge on any atom is 0.303 e. The van der Waals surface area contributed by atoms with E-state index in [9.17, 15) is 19.5 Å². The summed E-state index contributed by atoms with van der Waals surface area (Å²) >= 11 is 2.16. The zero-order valence-corrected chi connectivity index (χ0v) is 22.4. The first-order valence-corrected chi connectivity index (χ1v) is 12.9. The van der Waals surface area contributed by atoms with Crippen LogP contribution in [0, 0.1) is 3.57 Å². The van der Waals surface area contributed by atoms with Crippen LogP contribution in [0.25, 0.3) is 0 Å². The van der Waals surface area contributed by atoms with Gasteiger partial charge in [0.15, 0.2) is 0 Å². The monoisotopic (exact) mass is 610 g/mol. The molecule has 1 heterocycles. The van der Waals surface area contributed by atoms with Crippen LogP contribution in [0.2, 0.25) is 0 Å². The molecule has 0 radical (unpaired) electrons. The molecular formula is C26H31IN2O7. The van der Waals surface area contributed by atoms with Crippen molar-refractivity contribution in [2.24, 2.45) is 0 Å². The van der Waals surface area contributed by atoms with Gasteiger partial charge < -0.3 is 29.5 Å². The van der Waals surface area contributed by atoms with Crippen LogP contribution in [0.5, 0.6) is 11.5 Å². The molecule has 1 aliphatic rings. The average molecular weight is 610 g/mol. The van der Waals surface area contributed by atoms with Crippen LogP contribution in [0.3, 0.4) is 0 Å². The van der Waals surface area contributed by atoms with Crippen LogP contribution in [0.15, 0.2) is 36.4 Å². The normalized spacial score (nSPS) is 13.9. The zero-order valence-electron chi connectivity index (χ0n) is 20.2. The Morgan fingerprint density at radius 2 is 1.69 bits per heavy atom. The SMILES string of the molecule is CN1CCN(C(=O)c2cc(I)cc(OCc3cccc(OCCCC(=O)O)c3CCC(=O)O)c2)CC1. The van der Waals surface area contributed by atoms with Crippen LogP contribution in [0.4, 0.5) is 0 Å². The minimum Gasteiger partial charge on any atom is -0.493 e. The molecule has 1 saturated heterocycles. The highest BCUT2D eigenvalue weighted by Gasteiger charge is 2.21. The molecule has 0 aliphatic carbocycles. The van der Waals surface area contributed by atoms with E-state index in [0.29, 0.717) is 36.6 Å². The number of piperazine rings is 1. The summed E-state index contributed by atoms with van der Waals surface area (Å²) in [7, 11) is 2.04. The van der Waals surface area contributed by atoms with Crippen LogP contribution < -0.4 is 9.47 Å². The largest absolute Gasteiger partial charge is 0.493 e. The molecule has 0 saturated carbocycles. The van der Waals surface area contributed by atoms with E-state index in [1.54, 1.807) is 18.2 Å². The van der Waals surface area contributed by atoms with E-state index in [1.165, 1.54) is 0 Å². The lowest BCUT2D eigenvalue weighted by Crippen LogP contribution is -2.47. The van der Waals surface area contributed by atoms with E-state index in [0.717, 1.165) is 27.8 Å². The first-order chi connectivity index (χ1) is 17.2. The molecule has 2 N–H and O–H groups in total. The van der Waals surface area contributed by atoms with Gasteiger partial charge in [0, 0.05) is 53.7 Å².